The largest absolute Gasteiger partial charge is 0.368 e. The van der Waals surface area contributed by atoms with Crippen LogP contribution in [0.4, 0.5) is 0 Å². The highest BCUT2D eigenvalue weighted by atomic mass is 31.1. The first kappa shape index (κ1) is 13.5. The molecule has 3 N–H and O–H groups in total. The minimum Gasteiger partial charge on any atom is -0.368 e. The Balaban J connectivity index is 0.000000202. The van der Waals surface area contributed by atoms with Crippen LogP contribution in [0.25, 0.3) is 0 Å². The number of rotatable bonds is 0. The molecule has 15 heavy (non-hydrogen) atoms. The summed E-state index contributed by atoms with van der Waals surface area (Å²) in [5.74, 6) is 0. The zero-order chi connectivity index (χ0) is 11.4. The molecular formula is C8H12N3O3P. The number of aromatic nitrogens is 3. The van der Waals surface area contributed by atoms with Gasteiger partial charge in [-0.3, -0.25) is 4.57 Å². The van der Waals surface area contributed by atoms with Crippen molar-refractivity contribution >= 4 is 8.25 Å². The van der Waals surface area contributed by atoms with E-state index in [0.29, 0.717) is 0 Å². The van der Waals surface area contributed by atoms with Crippen molar-refractivity contribution in [2.24, 2.45) is 0 Å². The van der Waals surface area contributed by atoms with Gasteiger partial charge < -0.3 is 14.8 Å². The molecule has 0 aliphatic carbocycles. The molecule has 0 bridgehead atoms. The lowest BCUT2D eigenvalue weighted by atomic mass is 10.7. The van der Waals surface area contributed by atoms with Gasteiger partial charge in [-0.15, -0.1) is 0 Å². The molecular weight excluding hydrogens is 217 g/mol. The molecule has 0 unspecified atom stereocenters. The second kappa shape index (κ2) is 10.6. The third kappa shape index (κ3) is 15.3. The van der Waals surface area contributed by atoms with E-state index < -0.39 is 8.25 Å². The molecule has 2 rings (SSSR count). The van der Waals surface area contributed by atoms with Crippen molar-refractivity contribution in [1.29, 1.82) is 0 Å². The molecule has 0 spiro atoms. The van der Waals surface area contributed by atoms with Crippen molar-refractivity contribution < 1.29 is 14.4 Å². The second-order valence-corrected chi connectivity index (χ2v) is 2.64. The number of H-pyrrole nitrogens is 1. The summed E-state index contributed by atoms with van der Waals surface area (Å²) >= 11 is 0. The molecule has 0 fully saturated rings. The Morgan fingerprint density at radius 1 is 1.00 bits per heavy atom. The van der Waals surface area contributed by atoms with Crippen molar-refractivity contribution in [3.63, 3.8) is 0 Å². The molecule has 0 atom stereocenters. The second-order valence-electron chi connectivity index (χ2n) is 2.07. The van der Waals surface area contributed by atoms with Crippen molar-refractivity contribution in [1.82, 2.24) is 15.0 Å². The van der Waals surface area contributed by atoms with Gasteiger partial charge in [-0.2, -0.15) is 0 Å². The maximum Gasteiger partial charge on any atom is 0.314 e. The average Bonchev–Trinajstić information content (AvgIpc) is 2.77. The first-order valence-corrected chi connectivity index (χ1v) is 5.23. The van der Waals surface area contributed by atoms with E-state index in [4.69, 9.17) is 14.4 Å². The molecule has 2 heterocycles. The molecule has 0 aromatic carbocycles. The lowest BCUT2D eigenvalue weighted by Gasteiger charge is -1.70. The van der Waals surface area contributed by atoms with Crippen LogP contribution >= 0.6 is 8.25 Å². The third-order valence-electron chi connectivity index (χ3n) is 0.974. The molecule has 2 aromatic heterocycles. The summed E-state index contributed by atoms with van der Waals surface area (Å²) in [4.78, 5) is 24.5. The number of hydrogen-bond acceptors (Lipinski definition) is 3. The molecule has 2 aromatic rings. The molecule has 0 radical (unpaired) electrons. The van der Waals surface area contributed by atoms with Gasteiger partial charge in [0.2, 0.25) is 0 Å². The van der Waals surface area contributed by atoms with Gasteiger partial charge in [-0.1, -0.05) is 0 Å². The van der Waals surface area contributed by atoms with Crippen LogP contribution in [-0.4, -0.2) is 24.7 Å². The van der Waals surface area contributed by atoms with Gasteiger partial charge in [-0.25, -0.2) is 9.97 Å². The maximum absolute atomic E-state index is 8.74. The summed E-state index contributed by atoms with van der Waals surface area (Å²) in [6.45, 7) is 0. The first-order valence-electron chi connectivity index (χ1n) is 3.93. The Labute approximate surface area is 87.6 Å². The Bertz CT molecular complexity index is 280. The zero-order valence-electron chi connectivity index (χ0n) is 7.82. The first-order chi connectivity index (χ1) is 7.23. The predicted octanol–water partition coefficient (Wildman–Crippen LogP) is 0.852. The minimum absolute atomic E-state index is 1.50. The van der Waals surface area contributed by atoms with E-state index in [1.807, 2.05) is 24.5 Å². The zero-order valence-corrected chi connectivity index (χ0v) is 8.82. The lowest BCUT2D eigenvalue weighted by Crippen LogP contribution is -1.66. The predicted molar refractivity (Wildman–Crippen MR) is 56.3 cm³/mol. The summed E-state index contributed by atoms with van der Waals surface area (Å²) < 4.78 is 8.74. The van der Waals surface area contributed by atoms with Crippen LogP contribution in [0.2, 0.25) is 0 Å². The highest BCUT2D eigenvalue weighted by Crippen LogP contribution is 1.98. The average molecular weight is 229 g/mol. The summed E-state index contributed by atoms with van der Waals surface area (Å²) in [5, 5.41) is 0. The molecule has 0 aliphatic rings. The Hall–Kier alpha value is -1.49. The van der Waals surface area contributed by atoms with Crippen LogP contribution in [0.15, 0.2) is 49.3 Å². The summed E-state index contributed by atoms with van der Waals surface area (Å²) in [7, 11) is -3.13. The quantitative estimate of drug-likeness (QED) is 0.581. The van der Waals surface area contributed by atoms with E-state index in [9.17, 15) is 0 Å². The van der Waals surface area contributed by atoms with Crippen molar-refractivity contribution in [2.45, 2.75) is 0 Å². The molecule has 82 valence electrons. The summed E-state index contributed by atoms with van der Waals surface area (Å²) in [6.07, 6.45) is 8.62. The standard InChI is InChI=1S/C4H4N2.C4H5N.H3O3P/c1-2-5-4-6-3-1;1-2-4-5-3-1;1-4(2)3/h1-4H;1-5H;4H,(H2,1,2,3). The van der Waals surface area contributed by atoms with Gasteiger partial charge in [0.1, 0.15) is 6.33 Å². The monoisotopic (exact) mass is 229 g/mol. The van der Waals surface area contributed by atoms with Crippen molar-refractivity contribution in [3.8, 4) is 0 Å². The highest BCUT2D eigenvalue weighted by Gasteiger charge is 1.61. The van der Waals surface area contributed by atoms with Crippen LogP contribution in [0.3, 0.4) is 0 Å². The van der Waals surface area contributed by atoms with Crippen LogP contribution in [0.5, 0.6) is 0 Å². The summed E-state index contributed by atoms with van der Waals surface area (Å²) in [5.41, 5.74) is 0. The van der Waals surface area contributed by atoms with Gasteiger partial charge in [-0.05, 0) is 18.2 Å². The van der Waals surface area contributed by atoms with Gasteiger partial charge in [0.15, 0.2) is 0 Å². The number of nitrogens with one attached hydrogen (secondary N) is 1. The van der Waals surface area contributed by atoms with Crippen molar-refractivity contribution in [2.75, 3.05) is 0 Å². The molecule has 0 aliphatic heterocycles. The fourth-order valence-electron chi connectivity index (χ4n) is 0.531. The Morgan fingerprint density at radius 2 is 1.47 bits per heavy atom. The van der Waals surface area contributed by atoms with E-state index in [2.05, 4.69) is 15.0 Å². The third-order valence-corrected chi connectivity index (χ3v) is 0.974. The Morgan fingerprint density at radius 3 is 1.60 bits per heavy atom. The topological polar surface area (TPSA) is 99.1 Å². The number of aromatic amines is 1. The van der Waals surface area contributed by atoms with Gasteiger partial charge in [0.05, 0.1) is 0 Å². The minimum atomic E-state index is -3.13. The number of nitrogens with zero attached hydrogens (tertiary/aromatic N) is 2. The van der Waals surface area contributed by atoms with Gasteiger partial charge in [0, 0.05) is 24.8 Å². The van der Waals surface area contributed by atoms with E-state index in [0.717, 1.165) is 0 Å². The van der Waals surface area contributed by atoms with Crippen LogP contribution in [0, 0.1) is 0 Å². The Kier molecular flexibility index (Phi) is 9.54. The normalized spacial score (nSPS) is 8.20. The number of hydrogen-bond donors (Lipinski definition) is 3. The SMILES string of the molecule is O=[PH](O)O.c1cc[nH]c1.c1cncnc1. The van der Waals surface area contributed by atoms with Crippen LogP contribution in [-0.2, 0) is 4.57 Å². The van der Waals surface area contributed by atoms with E-state index in [1.165, 1.54) is 6.33 Å². The summed E-state index contributed by atoms with van der Waals surface area (Å²) in [6, 6.07) is 5.67. The smallest absolute Gasteiger partial charge is 0.314 e. The molecule has 0 saturated carbocycles. The fraction of sp³-hybridized carbons (Fsp3) is 0. The van der Waals surface area contributed by atoms with Crippen LogP contribution < -0.4 is 0 Å². The lowest BCUT2D eigenvalue weighted by molar-refractivity contribution is 0.405. The maximum atomic E-state index is 8.74. The van der Waals surface area contributed by atoms with Gasteiger partial charge in [0.25, 0.3) is 0 Å². The molecule has 7 heteroatoms. The van der Waals surface area contributed by atoms with Crippen LogP contribution in [0.1, 0.15) is 0 Å². The van der Waals surface area contributed by atoms with E-state index in [-0.39, 0.29) is 0 Å². The molecule has 0 saturated heterocycles. The van der Waals surface area contributed by atoms with Crippen molar-refractivity contribution in [3.05, 3.63) is 49.3 Å². The van der Waals surface area contributed by atoms with Gasteiger partial charge >= 0.3 is 8.25 Å². The molecule has 0 amide bonds. The van der Waals surface area contributed by atoms with E-state index >= 15 is 0 Å². The fourth-order valence-corrected chi connectivity index (χ4v) is 0.531. The highest BCUT2D eigenvalue weighted by molar-refractivity contribution is 7.30. The van der Waals surface area contributed by atoms with E-state index in [1.54, 1.807) is 18.5 Å². The molecule has 6 nitrogen and oxygen atoms in total.